The summed E-state index contributed by atoms with van der Waals surface area (Å²) in [6.07, 6.45) is 0.338. The standard InChI is InChI=1S/C9H7N3O2S2/c10-4-3-9-12-7-2-1-6(16-14-13-11)5-8(7)15-9/h1-2,5H,3,11H2. The van der Waals surface area contributed by atoms with Crippen LogP contribution in [0.5, 0.6) is 0 Å². The second-order valence-corrected chi connectivity index (χ2v) is 4.71. The van der Waals surface area contributed by atoms with Crippen LogP contribution >= 0.6 is 23.4 Å². The van der Waals surface area contributed by atoms with Crippen molar-refractivity contribution in [2.45, 2.75) is 11.3 Å². The van der Waals surface area contributed by atoms with Crippen LogP contribution in [0.3, 0.4) is 0 Å². The number of aromatic nitrogens is 1. The highest BCUT2D eigenvalue weighted by Crippen LogP contribution is 2.28. The zero-order valence-electron chi connectivity index (χ0n) is 8.04. The number of nitrogens with zero attached hydrogens (tertiary/aromatic N) is 2. The number of rotatable bonds is 4. The smallest absolute Gasteiger partial charge is 0.108 e. The van der Waals surface area contributed by atoms with Gasteiger partial charge in [-0.25, -0.2) is 4.98 Å². The molecule has 0 atom stereocenters. The molecule has 0 saturated heterocycles. The van der Waals surface area contributed by atoms with Gasteiger partial charge in [0.2, 0.25) is 0 Å². The van der Waals surface area contributed by atoms with E-state index in [0.29, 0.717) is 6.42 Å². The predicted octanol–water partition coefficient (Wildman–Crippen LogP) is 2.19. The molecule has 5 nitrogen and oxygen atoms in total. The van der Waals surface area contributed by atoms with Gasteiger partial charge in [0.05, 0.1) is 34.7 Å². The fourth-order valence-electron chi connectivity index (χ4n) is 1.21. The Morgan fingerprint density at radius 2 is 2.44 bits per heavy atom. The summed E-state index contributed by atoms with van der Waals surface area (Å²) in [5.41, 5.74) is 0.883. The van der Waals surface area contributed by atoms with Gasteiger partial charge in [0.1, 0.15) is 5.01 Å². The van der Waals surface area contributed by atoms with Crippen LogP contribution in [-0.4, -0.2) is 4.98 Å². The fraction of sp³-hybridized carbons (Fsp3) is 0.111. The van der Waals surface area contributed by atoms with Gasteiger partial charge in [0, 0.05) is 4.90 Å². The Morgan fingerprint density at radius 3 is 3.19 bits per heavy atom. The third kappa shape index (κ3) is 2.49. The molecule has 0 fully saturated rings. The Kier molecular flexibility index (Phi) is 3.71. The first-order valence-electron chi connectivity index (χ1n) is 4.30. The third-order valence-electron chi connectivity index (χ3n) is 1.80. The molecule has 0 bridgehead atoms. The molecular weight excluding hydrogens is 246 g/mol. The van der Waals surface area contributed by atoms with Crippen LogP contribution in [0, 0.1) is 11.3 Å². The lowest BCUT2D eigenvalue weighted by Gasteiger charge is -1.96. The first-order valence-corrected chi connectivity index (χ1v) is 5.86. The largest absolute Gasteiger partial charge is 0.240 e. The summed E-state index contributed by atoms with van der Waals surface area (Å²) < 4.78 is 5.56. The van der Waals surface area contributed by atoms with E-state index in [0.717, 1.165) is 32.2 Å². The summed E-state index contributed by atoms with van der Waals surface area (Å²) in [5.74, 6) is 4.74. The van der Waals surface area contributed by atoms with E-state index >= 15 is 0 Å². The SMILES string of the molecule is N#CCc1nc2ccc(SOON)cc2s1. The van der Waals surface area contributed by atoms with Crippen LogP contribution in [0.25, 0.3) is 10.2 Å². The minimum absolute atomic E-state index is 0.338. The summed E-state index contributed by atoms with van der Waals surface area (Å²) in [6, 6.07) is 7.71. The van der Waals surface area contributed by atoms with Crippen molar-refractivity contribution in [1.82, 2.24) is 4.98 Å². The molecule has 0 saturated carbocycles. The molecule has 0 spiro atoms. The Hall–Kier alpha value is -1.17. The number of benzene rings is 1. The molecule has 0 aliphatic carbocycles. The van der Waals surface area contributed by atoms with Crippen LogP contribution in [-0.2, 0) is 15.7 Å². The molecule has 0 aliphatic heterocycles. The van der Waals surface area contributed by atoms with Crippen LogP contribution in [0.1, 0.15) is 5.01 Å². The molecule has 1 aromatic carbocycles. The average molecular weight is 253 g/mol. The summed E-state index contributed by atoms with van der Waals surface area (Å²) in [7, 11) is 0. The quantitative estimate of drug-likeness (QED) is 0.511. The second-order valence-electron chi connectivity index (χ2n) is 2.82. The Labute approximate surface area is 99.9 Å². The van der Waals surface area contributed by atoms with Gasteiger partial charge < -0.3 is 0 Å². The zero-order valence-corrected chi connectivity index (χ0v) is 9.68. The van der Waals surface area contributed by atoms with Crippen molar-refractivity contribution in [1.29, 1.82) is 5.26 Å². The number of hydrogen-bond acceptors (Lipinski definition) is 7. The molecular formula is C9H7N3O2S2. The van der Waals surface area contributed by atoms with E-state index in [4.69, 9.17) is 11.2 Å². The van der Waals surface area contributed by atoms with Crippen molar-refractivity contribution in [2.24, 2.45) is 5.90 Å². The van der Waals surface area contributed by atoms with Crippen LogP contribution in [0.15, 0.2) is 23.1 Å². The van der Waals surface area contributed by atoms with Crippen molar-refractivity contribution in [2.75, 3.05) is 0 Å². The molecule has 1 aromatic heterocycles. The van der Waals surface area contributed by atoms with Crippen molar-refractivity contribution in [3.63, 3.8) is 0 Å². The maximum absolute atomic E-state index is 8.58. The molecule has 82 valence electrons. The monoisotopic (exact) mass is 253 g/mol. The van der Waals surface area contributed by atoms with E-state index in [1.807, 2.05) is 18.2 Å². The van der Waals surface area contributed by atoms with Crippen LogP contribution in [0.4, 0.5) is 0 Å². The van der Waals surface area contributed by atoms with Crippen molar-refractivity contribution in [3.05, 3.63) is 23.2 Å². The lowest BCUT2D eigenvalue weighted by molar-refractivity contribution is -0.195. The van der Waals surface area contributed by atoms with Gasteiger partial charge >= 0.3 is 0 Å². The van der Waals surface area contributed by atoms with Gasteiger partial charge in [-0.15, -0.1) is 20.7 Å². The normalized spacial score (nSPS) is 10.5. The molecule has 16 heavy (non-hydrogen) atoms. The van der Waals surface area contributed by atoms with E-state index in [9.17, 15) is 0 Å². The minimum Gasteiger partial charge on any atom is -0.240 e. The predicted molar refractivity (Wildman–Crippen MR) is 61.2 cm³/mol. The number of nitriles is 1. The Bertz CT molecular complexity index is 535. The highest BCUT2D eigenvalue weighted by molar-refractivity contribution is 7.94. The first kappa shape index (κ1) is 11.3. The highest BCUT2D eigenvalue weighted by atomic mass is 32.2. The molecule has 1 heterocycles. The number of thiazole rings is 1. The average Bonchev–Trinajstić information content (AvgIpc) is 2.68. The van der Waals surface area contributed by atoms with Crippen molar-refractivity contribution in [3.8, 4) is 6.07 Å². The highest BCUT2D eigenvalue weighted by Gasteiger charge is 2.05. The van der Waals surface area contributed by atoms with Gasteiger partial charge in [0.25, 0.3) is 0 Å². The van der Waals surface area contributed by atoms with E-state index < -0.39 is 0 Å². The second kappa shape index (κ2) is 5.25. The molecule has 2 rings (SSSR count). The summed E-state index contributed by atoms with van der Waals surface area (Å²) >= 11 is 2.52. The number of fused-ring (bicyclic) bond motifs is 1. The molecule has 2 N–H and O–H groups in total. The summed E-state index contributed by atoms with van der Waals surface area (Å²) in [6.45, 7) is 0. The van der Waals surface area contributed by atoms with E-state index in [2.05, 4.69) is 20.4 Å². The van der Waals surface area contributed by atoms with Gasteiger partial charge in [-0.2, -0.15) is 11.2 Å². The molecule has 0 radical (unpaired) electrons. The van der Waals surface area contributed by atoms with E-state index in [1.54, 1.807) is 0 Å². The lowest BCUT2D eigenvalue weighted by Crippen LogP contribution is -1.93. The zero-order chi connectivity index (χ0) is 11.4. The molecule has 0 unspecified atom stereocenters. The van der Waals surface area contributed by atoms with Crippen molar-refractivity contribution >= 4 is 33.6 Å². The van der Waals surface area contributed by atoms with Gasteiger partial charge in [-0.1, -0.05) is 0 Å². The summed E-state index contributed by atoms with van der Waals surface area (Å²) in [5, 5.41) is 9.39. The van der Waals surface area contributed by atoms with Gasteiger partial charge in [-0.05, 0) is 18.2 Å². The van der Waals surface area contributed by atoms with E-state index in [-0.39, 0.29) is 0 Å². The van der Waals surface area contributed by atoms with E-state index in [1.165, 1.54) is 11.3 Å². The molecule has 7 heteroatoms. The maximum Gasteiger partial charge on any atom is 0.108 e. The van der Waals surface area contributed by atoms with Gasteiger partial charge in [0.15, 0.2) is 0 Å². The maximum atomic E-state index is 8.58. The van der Waals surface area contributed by atoms with Crippen LogP contribution < -0.4 is 5.90 Å². The minimum atomic E-state index is 0.338. The molecule has 0 amide bonds. The topological polar surface area (TPSA) is 81.2 Å². The third-order valence-corrected chi connectivity index (χ3v) is 3.42. The van der Waals surface area contributed by atoms with Crippen molar-refractivity contribution < 1.29 is 9.32 Å². The van der Waals surface area contributed by atoms with Crippen LogP contribution in [0.2, 0.25) is 0 Å². The lowest BCUT2D eigenvalue weighted by atomic mass is 10.3. The summed E-state index contributed by atoms with van der Waals surface area (Å²) in [4.78, 5) is 9.19. The Morgan fingerprint density at radius 1 is 1.56 bits per heavy atom. The fourth-order valence-corrected chi connectivity index (χ4v) is 2.63. The number of hydrogen-bond donors (Lipinski definition) is 1. The Balaban J connectivity index is 2.27. The first-order chi connectivity index (χ1) is 7.83. The number of nitrogens with two attached hydrogens (primary N) is 1. The van der Waals surface area contributed by atoms with Gasteiger partial charge in [-0.3, -0.25) is 0 Å². The molecule has 0 aliphatic rings. The molecule has 2 aromatic rings.